The molecule has 2 bridgehead atoms. The first-order chi connectivity index (χ1) is 19.4. The average Bonchev–Trinajstić information content (AvgIpc) is 3.75. The number of amides is 1. The molecule has 1 amide bonds. The number of nitrogen functional groups attached to an aromatic ring is 1. The number of ketones is 1. The topological polar surface area (TPSA) is 177 Å². The van der Waals surface area contributed by atoms with Crippen LogP contribution >= 0.6 is 0 Å². The van der Waals surface area contributed by atoms with Crippen molar-refractivity contribution in [2.45, 2.75) is 50.6 Å². The highest BCUT2D eigenvalue weighted by molar-refractivity contribution is 6.00. The minimum Gasteiger partial charge on any atom is -0.383 e. The monoisotopic (exact) mass is 541 g/mol. The summed E-state index contributed by atoms with van der Waals surface area (Å²) in [4.78, 5) is 39.8. The molecule has 2 fully saturated rings. The Kier molecular flexibility index (Phi) is 5.43. The number of aromatic amines is 2. The van der Waals surface area contributed by atoms with E-state index < -0.39 is 5.82 Å². The number of Topliss-reactive ketones (excluding diaryl/α,β-unsaturated/α-hetero) is 1. The van der Waals surface area contributed by atoms with Gasteiger partial charge in [-0.3, -0.25) is 19.7 Å². The van der Waals surface area contributed by atoms with E-state index in [9.17, 15) is 9.59 Å². The molecule has 0 aliphatic carbocycles. The third-order valence-electron chi connectivity index (χ3n) is 7.93. The zero-order valence-corrected chi connectivity index (χ0v) is 21.4. The van der Waals surface area contributed by atoms with Crippen LogP contribution in [0.3, 0.4) is 0 Å². The van der Waals surface area contributed by atoms with Crippen molar-refractivity contribution >= 4 is 23.2 Å². The van der Waals surface area contributed by atoms with Crippen molar-refractivity contribution in [3.05, 3.63) is 59.9 Å². The molecule has 14 heteroatoms. The van der Waals surface area contributed by atoms with Crippen molar-refractivity contribution in [3.63, 3.8) is 0 Å². The number of piperidine rings is 1. The summed E-state index contributed by atoms with van der Waals surface area (Å²) in [5.74, 6) is -0.661. The number of fused-ring (bicyclic) bond motifs is 3. The molecule has 2 aliphatic rings. The summed E-state index contributed by atoms with van der Waals surface area (Å²) in [6.07, 6.45) is 9.00. The molecule has 7 rings (SSSR count). The number of H-pyrrole nitrogens is 2. The summed E-state index contributed by atoms with van der Waals surface area (Å²) in [6, 6.07) is 2.93. The van der Waals surface area contributed by atoms with Gasteiger partial charge in [0.1, 0.15) is 23.5 Å². The lowest BCUT2D eigenvalue weighted by molar-refractivity contribution is 0.0556. The number of hydrogen-bond acceptors (Lipinski definition) is 9. The number of halogens is 1. The van der Waals surface area contributed by atoms with Crippen LogP contribution in [-0.4, -0.2) is 73.6 Å². The van der Waals surface area contributed by atoms with Crippen LogP contribution in [0.2, 0.25) is 0 Å². The first-order valence-electron chi connectivity index (χ1n) is 12.9. The van der Waals surface area contributed by atoms with Crippen LogP contribution in [0.15, 0.2) is 37.1 Å². The molecule has 0 aromatic carbocycles. The van der Waals surface area contributed by atoms with Gasteiger partial charge in [-0.15, -0.1) is 10.2 Å². The number of nitrogens with two attached hydrogens (primary N) is 1. The Morgan fingerprint density at radius 3 is 2.62 bits per heavy atom. The standard InChI is InChI=1S/C26H24FN11O2/c1-12(39)20-21(13-6-15-2-3-16(7-13)37(15)26(40)24-30-11-32-36-24)34-25-17(10-33-38(25)23(20)28)14-8-18(27)22(29-9-14)19-4-5-31-35-19/h4-5,8-11,13,15-16H,2-3,6-7,28H2,1H3,(H,31,35)(H,30,32,36)/t13-,15-,16+. The average molecular weight is 542 g/mol. The highest BCUT2D eigenvalue weighted by Crippen LogP contribution is 2.45. The maximum absolute atomic E-state index is 15.0. The van der Waals surface area contributed by atoms with E-state index in [2.05, 4.69) is 35.5 Å². The van der Waals surface area contributed by atoms with Gasteiger partial charge in [0.25, 0.3) is 5.91 Å². The van der Waals surface area contributed by atoms with Crippen LogP contribution in [0.5, 0.6) is 0 Å². The maximum Gasteiger partial charge on any atom is 0.292 e. The summed E-state index contributed by atoms with van der Waals surface area (Å²) >= 11 is 0. The fourth-order valence-corrected chi connectivity index (χ4v) is 6.22. The van der Waals surface area contributed by atoms with Gasteiger partial charge in [-0.25, -0.2) is 9.37 Å². The van der Waals surface area contributed by atoms with Crippen LogP contribution in [0.1, 0.15) is 65.2 Å². The molecule has 0 saturated carbocycles. The molecule has 0 radical (unpaired) electrons. The predicted molar refractivity (Wildman–Crippen MR) is 140 cm³/mol. The molecule has 13 nitrogen and oxygen atoms in total. The lowest BCUT2D eigenvalue weighted by atomic mass is 9.85. The normalized spacial score (nSPS) is 20.4. The zero-order valence-electron chi connectivity index (χ0n) is 21.4. The molecule has 2 saturated heterocycles. The molecule has 0 spiro atoms. The zero-order chi connectivity index (χ0) is 27.5. The van der Waals surface area contributed by atoms with Crippen molar-refractivity contribution in [3.8, 4) is 22.5 Å². The van der Waals surface area contributed by atoms with Crippen LogP contribution < -0.4 is 5.73 Å². The highest BCUT2D eigenvalue weighted by atomic mass is 19.1. The van der Waals surface area contributed by atoms with Gasteiger partial charge in [-0.1, -0.05) is 0 Å². The van der Waals surface area contributed by atoms with E-state index in [1.165, 1.54) is 30.0 Å². The fourth-order valence-electron chi connectivity index (χ4n) is 6.22. The van der Waals surface area contributed by atoms with Crippen LogP contribution in [0, 0.1) is 5.82 Å². The van der Waals surface area contributed by atoms with Crippen LogP contribution in [-0.2, 0) is 0 Å². The number of pyridine rings is 1. The van der Waals surface area contributed by atoms with E-state index in [4.69, 9.17) is 10.7 Å². The SMILES string of the molecule is CC(=O)c1c([C@@H]2C[C@H]3CC[C@@H](C2)N3C(=O)c2nnc[nH]2)nc2c(-c3cnc(-c4cc[nH]n4)c(F)c3)cnn2c1N. The number of hydrogen-bond donors (Lipinski definition) is 3. The van der Waals surface area contributed by atoms with E-state index in [1.807, 2.05) is 4.90 Å². The van der Waals surface area contributed by atoms with Crippen LogP contribution in [0.25, 0.3) is 28.2 Å². The third-order valence-corrected chi connectivity index (χ3v) is 7.93. The second-order valence-electron chi connectivity index (χ2n) is 10.2. The summed E-state index contributed by atoms with van der Waals surface area (Å²) < 4.78 is 16.5. The summed E-state index contributed by atoms with van der Waals surface area (Å²) in [6.45, 7) is 1.46. The number of carbonyl (C=O) groups excluding carboxylic acids is 2. The van der Waals surface area contributed by atoms with Crippen molar-refractivity contribution < 1.29 is 14.0 Å². The summed E-state index contributed by atoms with van der Waals surface area (Å²) in [5.41, 5.74) is 9.32. The smallest absolute Gasteiger partial charge is 0.292 e. The Bertz CT molecular complexity index is 1750. The van der Waals surface area contributed by atoms with E-state index >= 15 is 4.39 Å². The van der Waals surface area contributed by atoms with Gasteiger partial charge in [0.15, 0.2) is 17.2 Å². The van der Waals surface area contributed by atoms with Crippen molar-refractivity contribution in [2.75, 3.05) is 5.73 Å². The molecule has 5 aromatic rings. The summed E-state index contributed by atoms with van der Waals surface area (Å²) in [7, 11) is 0. The number of anilines is 1. The minimum atomic E-state index is -0.544. The second-order valence-corrected chi connectivity index (χ2v) is 10.2. The predicted octanol–water partition coefficient (Wildman–Crippen LogP) is 2.77. The van der Waals surface area contributed by atoms with E-state index in [0.717, 1.165) is 12.8 Å². The second kappa shape index (κ2) is 9.03. The van der Waals surface area contributed by atoms with E-state index in [0.29, 0.717) is 46.6 Å². The quantitative estimate of drug-likeness (QED) is 0.282. The Hall–Kier alpha value is -5.01. The lowest BCUT2D eigenvalue weighted by Crippen LogP contribution is -2.46. The first kappa shape index (κ1) is 24.1. The van der Waals surface area contributed by atoms with Crippen LogP contribution in [0.4, 0.5) is 10.2 Å². The summed E-state index contributed by atoms with van der Waals surface area (Å²) in [5, 5.41) is 18.7. The number of aromatic nitrogens is 9. The number of rotatable bonds is 5. The van der Waals surface area contributed by atoms with E-state index in [1.54, 1.807) is 18.5 Å². The van der Waals surface area contributed by atoms with Gasteiger partial charge in [-0.05, 0) is 44.7 Å². The number of nitrogens with zero attached hydrogens (tertiary/aromatic N) is 8. The maximum atomic E-state index is 15.0. The van der Waals surface area contributed by atoms with E-state index in [-0.39, 0.29) is 47.0 Å². The minimum absolute atomic E-state index is 0.0299. The first-order valence-corrected chi connectivity index (χ1v) is 12.9. The van der Waals surface area contributed by atoms with Gasteiger partial charge in [0.05, 0.1) is 17.5 Å². The lowest BCUT2D eigenvalue weighted by Gasteiger charge is -2.38. The molecular weight excluding hydrogens is 517 g/mol. The molecule has 4 N–H and O–H groups in total. The van der Waals surface area contributed by atoms with Crippen molar-refractivity contribution in [2.24, 2.45) is 0 Å². The Morgan fingerprint density at radius 2 is 1.98 bits per heavy atom. The molecular formula is C26H24FN11O2. The van der Waals surface area contributed by atoms with Gasteiger partial charge >= 0.3 is 0 Å². The third kappa shape index (κ3) is 3.66. The molecule has 7 heterocycles. The Labute approximate surface area is 226 Å². The largest absolute Gasteiger partial charge is 0.383 e. The number of nitrogens with one attached hydrogen (secondary N) is 2. The Balaban J connectivity index is 1.28. The molecule has 5 aromatic heterocycles. The Morgan fingerprint density at radius 1 is 1.18 bits per heavy atom. The van der Waals surface area contributed by atoms with Crippen molar-refractivity contribution in [1.82, 2.24) is 49.9 Å². The molecule has 202 valence electrons. The highest BCUT2D eigenvalue weighted by Gasteiger charge is 2.45. The van der Waals surface area contributed by atoms with Gasteiger partial charge < -0.3 is 15.6 Å². The van der Waals surface area contributed by atoms with Gasteiger partial charge in [-0.2, -0.15) is 14.7 Å². The van der Waals surface area contributed by atoms with Crippen molar-refractivity contribution in [1.29, 1.82) is 0 Å². The molecule has 40 heavy (non-hydrogen) atoms. The van der Waals surface area contributed by atoms with Gasteiger partial charge in [0.2, 0.25) is 5.82 Å². The fraction of sp³-hybridized carbons (Fsp3) is 0.308. The number of carbonyl (C=O) groups is 2. The molecule has 2 aliphatic heterocycles. The molecule has 3 atom stereocenters. The molecule has 0 unspecified atom stereocenters. The van der Waals surface area contributed by atoms with Gasteiger partial charge in [0, 0.05) is 41.5 Å².